The molecule has 1 N–H and O–H groups in total. The Kier molecular flexibility index (Phi) is 6.26. The third-order valence-corrected chi connectivity index (χ3v) is 8.37. The maximum Gasteiger partial charge on any atom is 0.287 e. The van der Waals surface area contributed by atoms with E-state index in [0.29, 0.717) is 42.6 Å². The summed E-state index contributed by atoms with van der Waals surface area (Å²) in [6.07, 6.45) is 0. The summed E-state index contributed by atoms with van der Waals surface area (Å²) in [6, 6.07) is 13.8. The van der Waals surface area contributed by atoms with Crippen LogP contribution >= 0.6 is 22.9 Å². The van der Waals surface area contributed by atoms with Crippen LogP contribution in [0.1, 0.15) is 15.4 Å². The summed E-state index contributed by atoms with van der Waals surface area (Å²) >= 11 is 7.31. The van der Waals surface area contributed by atoms with Crippen LogP contribution in [0.5, 0.6) is 0 Å². The summed E-state index contributed by atoms with van der Waals surface area (Å²) in [5.74, 6) is 0.266. The van der Waals surface area contributed by atoms with E-state index in [1.807, 2.05) is 18.2 Å². The van der Waals surface area contributed by atoms with Crippen molar-refractivity contribution in [3.8, 4) is 11.3 Å². The van der Waals surface area contributed by atoms with E-state index < -0.39 is 10.0 Å². The molecule has 1 fully saturated rings. The smallest absolute Gasteiger partial charge is 0.287 e. The Bertz CT molecular complexity index is 1150. The largest absolute Gasteiger partial charge is 0.451 e. The predicted molar refractivity (Wildman–Crippen MR) is 114 cm³/mol. The van der Waals surface area contributed by atoms with Gasteiger partial charge in [-0.05, 0) is 36.4 Å². The van der Waals surface area contributed by atoms with Gasteiger partial charge in [-0.15, -0.1) is 11.3 Å². The molecule has 0 radical (unpaired) electrons. The van der Waals surface area contributed by atoms with Crippen molar-refractivity contribution in [2.75, 3.05) is 26.3 Å². The lowest BCUT2D eigenvalue weighted by molar-refractivity contribution is 0.0731. The number of nitrogens with zero attached hydrogens (tertiary/aromatic N) is 1. The molecule has 0 spiro atoms. The molecule has 1 amide bonds. The standard InChI is InChI=1S/C20H19ClN2O5S2/c21-16-4-2-1-3-15(16)17-6-7-18(28-17)20(24)22-13-14-5-8-19(29-14)30(25,26)23-9-11-27-12-10-23/h1-8H,9-13H2,(H,22,24). The summed E-state index contributed by atoms with van der Waals surface area (Å²) in [6.45, 7) is 1.68. The second-order valence-corrected chi connectivity index (χ2v) is 10.3. The van der Waals surface area contributed by atoms with Gasteiger partial charge in [-0.3, -0.25) is 4.79 Å². The molecule has 3 aromatic rings. The lowest BCUT2D eigenvalue weighted by atomic mass is 10.2. The average molecular weight is 467 g/mol. The lowest BCUT2D eigenvalue weighted by Gasteiger charge is -2.25. The van der Waals surface area contributed by atoms with Gasteiger partial charge < -0.3 is 14.5 Å². The number of carbonyl (C=O) groups is 1. The number of morpholine rings is 1. The Morgan fingerprint density at radius 1 is 1.10 bits per heavy atom. The van der Waals surface area contributed by atoms with E-state index >= 15 is 0 Å². The number of thiophene rings is 1. The van der Waals surface area contributed by atoms with Gasteiger partial charge in [0.2, 0.25) is 0 Å². The van der Waals surface area contributed by atoms with Gasteiger partial charge in [0.05, 0.1) is 24.8 Å². The maximum atomic E-state index is 12.7. The number of carbonyl (C=O) groups excluding carboxylic acids is 1. The Morgan fingerprint density at radius 3 is 2.63 bits per heavy atom. The zero-order valence-corrected chi connectivity index (χ0v) is 18.2. The zero-order valence-electron chi connectivity index (χ0n) is 15.8. The highest BCUT2D eigenvalue weighted by Gasteiger charge is 2.27. The van der Waals surface area contributed by atoms with Crippen molar-refractivity contribution in [2.24, 2.45) is 0 Å². The van der Waals surface area contributed by atoms with E-state index in [4.69, 9.17) is 20.8 Å². The first-order valence-corrected chi connectivity index (χ1v) is 11.9. The molecule has 10 heteroatoms. The molecule has 7 nitrogen and oxygen atoms in total. The van der Waals surface area contributed by atoms with Crippen LogP contribution in [-0.4, -0.2) is 44.9 Å². The molecule has 1 aromatic carbocycles. The molecule has 158 valence electrons. The van der Waals surface area contributed by atoms with Crippen molar-refractivity contribution in [3.63, 3.8) is 0 Å². The monoisotopic (exact) mass is 466 g/mol. The van der Waals surface area contributed by atoms with E-state index in [2.05, 4.69) is 5.32 Å². The number of hydrogen-bond acceptors (Lipinski definition) is 6. The first-order valence-electron chi connectivity index (χ1n) is 9.25. The van der Waals surface area contributed by atoms with Gasteiger partial charge in [-0.25, -0.2) is 8.42 Å². The number of sulfonamides is 1. The fourth-order valence-electron chi connectivity index (χ4n) is 3.03. The summed E-state index contributed by atoms with van der Waals surface area (Å²) in [5.41, 5.74) is 0.703. The summed E-state index contributed by atoms with van der Waals surface area (Å²) in [4.78, 5) is 13.2. The second-order valence-electron chi connectivity index (χ2n) is 6.56. The number of furan rings is 1. The minimum atomic E-state index is -3.54. The Labute approximate surface area is 183 Å². The van der Waals surface area contributed by atoms with E-state index in [9.17, 15) is 13.2 Å². The number of benzene rings is 1. The van der Waals surface area contributed by atoms with Gasteiger partial charge in [0.15, 0.2) is 5.76 Å². The van der Waals surface area contributed by atoms with Gasteiger partial charge in [-0.2, -0.15) is 4.31 Å². The molecular weight excluding hydrogens is 448 g/mol. The Balaban J connectivity index is 1.40. The molecule has 1 aliphatic heterocycles. The van der Waals surface area contributed by atoms with Crippen LogP contribution < -0.4 is 5.32 Å². The van der Waals surface area contributed by atoms with Gasteiger partial charge in [0.25, 0.3) is 15.9 Å². The van der Waals surface area contributed by atoms with Crippen LogP contribution in [0.2, 0.25) is 5.02 Å². The molecular formula is C20H19ClN2O5S2. The first-order chi connectivity index (χ1) is 14.4. The van der Waals surface area contributed by atoms with E-state index in [1.54, 1.807) is 30.3 Å². The SMILES string of the molecule is O=C(NCc1ccc(S(=O)(=O)N2CCOCC2)s1)c1ccc(-c2ccccc2Cl)o1. The van der Waals surface area contributed by atoms with Crippen molar-refractivity contribution >= 4 is 38.9 Å². The molecule has 3 heterocycles. The van der Waals surface area contributed by atoms with Crippen LogP contribution in [0.3, 0.4) is 0 Å². The quantitative estimate of drug-likeness (QED) is 0.599. The van der Waals surface area contributed by atoms with Crippen molar-refractivity contribution in [1.29, 1.82) is 0 Å². The van der Waals surface area contributed by atoms with Gasteiger partial charge in [0, 0.05) is 23.5 Å². The highest BCUT2D eigenvalue weighted by Crippen LogP contribution is 2.29. The fourth-order valence-corrected chi connectivity index (χ4v) is 6.11. The van der Waals surface area contributed by atoms with E-state index in [-0.39, 0.29) is 22.4 Å². The van der Waals surface area contributed by atoms with Crippen LogP contribution in [0.25, 0.3) is 11.3 Å². The number of ether oxygens (including phenoxy) is 1. The first kappa shape index (κ1) is 21.1. The lowest BCUT2D eigenvalue weighted by Crippen LogP contribution is -2.40. The summed E-state index contributed by atoms with van der Waals surface area (Å²) in [5, 5.41) is 3.29. The summed E-state index contributed by atoms with van der Waals surface area (Å²) < 4.78 is 37.9. The number of amides is 1. The molecule has 0 aliphatic carbocycles. The van der Waals surface area contributed by atoms with E-state index in [0.717, 1.165) is 16.2 Å². The van der Waals surface area contributed by atoms with E-state index in [1.165, 1.54) is 4.31 Å². The molecule has 0 unspecified atom stereocenters. The highest BCUT2D eigenvalue weighted by molar-refractivity contribution is 7.91. The molecule has 2 aromatic heterocycles. The topological polar surface area (TPSA) is 88.9 Å². The third kappa shape index (κ3) is 4.45. The Morgan fingerprint density at radius 2 is 1.87 bits per heavy atom. The molecule has 30 heavy (non-hydrogen) atoms. The van der Waals surface area contributed by atoms with Crippen LogP contribution in [0.15, 0.2) is 57.2 Å². The Hall–Kier alpha value is -2.17. The molecule has 1 saturated heterocycles. The van der Waals surface area contributed by atoms with Crippen molar-refractivity contribution in [3.05, 3.63) is 64.2 Å². The third-order valence-electron chi connectivity index (χ3n) is 4.59. The number of nitrogens with one attached hydrogen (secondary N) is 1. The van der Waals surface area contributed by atoms with Crippen LogP contribution in [-0.2, 0) is 21.3 Å². The predicted octanol–water partition coefficient (Wildman–Crippen LogP) is 3.61. The number of rotatable bonds is 6. The van der Waals surface area contributed by atoms with Gasteiger partial charge >= 0.3 is 0 Å². The van der Waals surface area contributed by atoms with Crippen LogP contribution in [0, 0.1) is 0 Å². The minimum Gasteiger partial charge on any atom is -0.451 e. The molecule has 1 aliphatic rings. The number of hydrogen-bond donors (Lipinski definition) is 1. The maximum absolute atomic E-state index is 12.7. The second kappa shape index (κ2) is 8.91. The van der Waals surface area contributed by atoms with Crippen molar-refractivity contribution in [2.45, 2.75) is 10.8 Å². The molecule has 0 saturated carbocycles. The van der Waals surface area contributed by atoms with Gasteiger partial charge in [-0.1, -0.05) is 23.7 Å². The average Bonchev–Trinajstić information content (AvgIpc) is 3.43. The molecule has 0 bridgehead atoms. The van der Waals surface area contributed by atoms with Crippen molar-refractivity contribution < 1.29 is 22.4 Å². The fraction of sp³-hybridized carbons (Fsp3) is 0.250. The normalized spacial score (nSPS) is 15.2. The molecule has 0 atom stereocenters. The highest BCUT2D eigenvalue weighted by atomic mass is 35.5. The van der Waals surface area contributed by atoms with Crippen molar-refractivity contribution in [1.82, 2.24) is 9.62 Å². The molecule has 4 rings (SSSR count). The number of halogens is 1. The van der Waals surface area contributed by atoms with Crippen LogP contribution in [0.4, 0.5) is 0 Å². The zero-order chi connectivity index (χ0) is 21.1. The minimum absolute atomic E-state index is 0.155. The van der Waals surface area contributed by atoms with Gasteiger partial charge in [0.1, 0.15) is 9.97 Å². The summed E-state index contributed by atoms with van der Waals surface area (Å²) in [7, 11) is -3.54.